The van der Waals surface area contributed by atoms with E-state index in [0.717, 1.165) is 0 Å². The van der Waals surface area contributed by atoms with Gasteiger partial charge in [-0.2, -0.15) is 0 Å². The molecule has 2 atom stereocenters. The Morgan fingerprint density at radius 2 is 1.42 bits per heavy atom. The van der Waals surface area contributed by atoms with E-state index in [1.807, 2.05) is 27.7 Å². The molecule has 0 aromatic heterocycles. The lowest BCUT2D eigenvalue weighted by Gasteiger charge is -2.29. The van der Waals surface area contributed by atoms with Crippen LogP contribution in [-0.2, 0) is 19.4 Å². The maximum absolute atomic E-state index is 12.8. The summed E-state index contributed by atoms with van der Waals surface area (Å²) in [5, 5.41) is 0. The lowest BCUT2D eigenvalue weighted by Crippen LogP contribution is -2.27. The zero-order chi connectivity index (χ0) is 25.7. The molecule has 0 N–H and O–H groups in total. The summed E-state index contributed by atoms with van der Waals surface area (Å²) in [4.78, 5) is 12.8. The molecule has 5 heteroatoms. The number of benzene rings is 1. The van der Waals surface area contributed by atoms with Crippen molar-refractivity contribution in [2.75, 3.05) is 12.0 Å². The first-order chi connectivity index (χ1) is 14.9. The maximum atomic E-state index is 12.8. The van der Waals surface area contributed by atoms with Gasteiger partial charge >= 0.3 is 0 Å². The summed E-state index contributed by atoms with van der Waals surface area (Å²) in [6.07, 6.45) is 4.05. The normalized spacial score (nSPS) is 15.1. The minimum absolute atomic E-state index is 0.0669. The van der Waals surface area contributed by atoms with Gasteiger partial charge < -0.3 is 4.74 Å². The summed E-state index contributed by atoms with van der Waals surface area (Å²) in [5.74, 6) is 1.12. The first-order valence-electron chi connectivity index (χ1n) is 12.1. The molecular formula is C28H46O4S. The number of hydrogen-bond acceptors (Lipinski definition) is 4. The highest BCUT2D eigenvalue weighted by Gasteiger charge is 2.27. The lowest BCUT2D eigenvalue weighted by molar-refractivity contribution is -0.129. The van der Waals surface area contributed by atoms with E-state index in [-0.39, 0.29) is 24.1 Å². The van der Waals surface area contributed by atoms with Crippen LogP contribution in [0.4, 0.5) is 0 Å². The fourth-order valence-electron chi connectivity index (χ4n) is 3.84. The zero-order valence-electron chi connectivity index (χ0n) is 22.7. The molecule has 4 nitrogen and oxygen atoms in total. The van der Waals surface area contributed by atoms with Crippen molar-refractivity contribution in [1.82, 2.24) is 0 Å². The Balaban J connectivity index is 3.44. The van der Waals surface area contributed by atoms with E-state index >= 15 is 0 Å². The van der Waals surface area contributed by atoms with E-state index in [9.17, 15) is 13.2 Å². The number of rotatable bonds is 11. The number of ether oxygens (including phenoxy) is 1. The van der Waals surface area contributed by atoms with Crippen LogP contribution in [0.25, 0.3) is 0 Å². The maximum Gasteiger partial charge on any atom is 0.150 e. The van der Waals surface area contributed by atoms with Crippen LogP contribution in [0.3, 0.4) is 0 Å². The van der Waals surface area contributed by atoms with Gasteiger partial charge in [-0.15, -0.1) is 0 Å². The number of sulfone groups is 1. The average Bonchev–Trinajstić information content (AvgIpc) is 2.64. The Hall–Kier alpha value is -1.46. The summed E-state index contributed by atoms with van der Waals surface area (Å²) in [7, 11) is -3.13. The van der Waals surface area contributed by atoms with Crippen molar-refractivity contribution in [1.29, 1.82) is 0 Å². The summed E-state index contributed by atoms with van der Waals surface area (Å²) in [5.41, 5.74) is 4.58. The molecule has 2 unspecified atom stereocenters. The van der Waals surface area contributed by atoms with Crippen molar-refractivity contribution < 1.29 is 17.9 Å². The van der Waals surface area contributed by atoms with Crippen molar-refractivity contribution in [3.05, 3.63) is 46.5 Å². The second kappa shape index (κ2) is 11.8. The first-order valence-corrected chi connectivity index (χ1v) is 14.2. The Kier molecular flexibility index (Phi) is 10.6. The van der Waals surface area contributed by atoms with Crippen LogP contribution in [0.15, 0.2) is 24.3 Å². The topological polar surface area (TPSA) is 60.4 Å². The molecule has 1 aromatic rings. The van der Waals surface area contributed by atoms with Gasteiger partial charge in [0.2, 0.25) is 0 Å². The van der Waals surface area contributed by atoms with Crippen molar-refractivity contribution in [2.45, 2.75) is 106 Å². The Morgan fingerprint density at radius 1 is 0.939 bits per heavy atom. The molecule has 188 valence electrons. The van der Waals surface area contributed by atoms with Crippen LogP contribution < -0.4 is 0 Å². The van der Waals surface area contributed by atoms with Crippen LogP contribution in [-0.4, -0.2) is 32.3 Å². The highest BCUT2D eigenvalue weighted by atomic mass is 32.2. The fraction of sp³-hybridized carbons (Fsp3) is 0.679. The first kappa shape index (κ1) is 29.6. The van der Waals surface area contributed by atoms with Gasteiger partial charge in [0, 0.05) is 18.1 Å². The van der Waals surface area contributed by atoms with Gasteiger partial charge in [0.1, 0.15) is 5.78 Å². The molecule has 0 amide bonds. The van der Waals surface area contributed by atoms with Crippen molar-refractivity contribution in [3.8, 4) is 0 Å². The fourth-order valence-corrected chi connectivity index (χ4v) is 4.30. The van der Waals surface area contributed by atoms with Crippen LogP contribution in [0.5, 0.6) is 0 Å². The number of carbonyl (C=O) groups excluding carboxylic acids is 1. The predicted octanol–water partition coefficient (Wildman–Crippen LogP) is 7.11. The van der Waals surface area contributed by atoms with E-state index in [0.29, 0.717) is 17.8 Å². The molecule has 0 aliphatic carbocycles. The molecular weight excluding hydrogens is 432 g/mol. The third-order valence-corrected chi connectivity index (χ3v) is 6.73. The molecule has 0 aliphatic heterocycles. The molecule has 1 rings (SSSR count). The van der Waals surface area contributed by atoms with Gasteiger partial charge in [0.15, 0.2) is 9.84 Å². The number of hydrogen-bond donors (Lipinski definition) is 0. The van der Waals surface area contributed by atoms with Gasteiger partial charge in [0.05, 0.1) is 18.0 Å². The van der Waals surface area contributed by atoms with Crippen LogP contribution in [0.1, 0.15) is 122 Å². The third kappa shape index (κ3) is 9.36. The van der Waals surface area contributed by atoms with Gasteiger partial charge in [0.25, 0.3) is 0 Å². The summed E-state index contributed by atoms with van der Waals surface area (Å²) in [6, 6.07) is 4.59. The van der Waals surface area contributed by atoms with E-state index < -0.39 is 21.4 Å². The second-order valence-electron chi connectivity index (χ2n) is 11.3. The van der Waals surface area contributed by atoms with E-state index in [2.05, 4.69) is 53.7 Å². The van der Waals surface area contributed by atoms with E-state index in [4.69, 9.17) is 4.74 Å². The highest BCUT2D eigenvalue weighted by Crippen LogP contribution is 2.37. The molecule has 0 fully saturated rings. The van der Waals surface area contributed by atoms with Crippen LogP contribution >= 0.6 is 0 Å². The molecule has 0 spiro atoms. The molecule has 33 heavy (non-hydrogen) atoms. The zero-order valence-corrected chi connectivity index (χ0v) is 23.5. The minimum Gasteiger partial charge on any atom is -0.366 e. The van der Waals surface area contributed by atoms with E-state index in [1.54, 1.807) is 12.2 Å². The van der Waals surface area contributed by atoms with Crippen LogP contribution in [0.2, 0.25) is 0 Å². The SMILES string of the molecule is CC(C)c1cc(C(C)C)c(C(C)OC(/C=C\CS(C)(=O)=O)CC(=O)C(C)(C)C)c(C(C)C)c1. The predicted molar refractivity (Wildman–Crippen MR) is 140 cm³/mol. The smallest absolute Gasteiger partial charge is 0.150 e. The van der Waals surface area contributed by atoms with Crippen molar-refractivity contribution in [2.24, 2.45) is 5.41 Å². The highest BCUT2D eigenvalue weighted by molar-refractivity contribution is 7.90. The molecule has 0 saturated carbocycles. The Morgan fingerprint density at radius 3 is 1.79 bits per heavy atom. The second-order valence-corrected chi connectivity index (χ2v) is 13.5. The number of ketones is 1. The van der Waals surface area contributed by atoms with Gasteiger partial charge in [-0.05, 0) is 46.9 Å². The van der Waals surface area contributed by atoms with Crippen molar-refractivity contribution in [3.63, 3.8) is 0 Å². The monoisotopic (exact) mass is 478 g/mol. The third-order valence-electron chi connectivity index (χ3n) is 5.94. The molecule has 0 heterocycles. The molecule has 0 bridgehead atoms. The van der Waals surface area contributed by atoms with Gasteiger partial charge in [-0.3, -0.25) is 4.79 Å². The average molecular weight is 479 g/mol. The van der Waals surface area contributed by atoms with Crippen LogP contribution in [0, 0.1) is 5.41 Å². The minimum atomic E-state index is -3.13. The lowest BCUT2D eigenvalue weighted by atomic mass is 9.82. The quantitative estimate of drug-likeness (QED) is 0.318. The molecule has 0 saturated heterocycles. The van der Waals surface area contributed by atoms with Gasteiger partial charge in [-0.25, -0.2) is 8.42 Å². The van der Waals surface area contributed by atoms with Gasteiger partial charge in [-0.1, -0.05) is 86.6 Å². The summed E-state index contributed by atoms with van der Waals surface area (Å²) >= 11 is 0. The molecule has 0 radical (unpaired) electrons. The summed E-state index contributed by atoms with van der Waals surface area (Å²) < 4.78 is 29.7. The Bertz CT molecular complexity index is 902. The Labute approximate surface area is 203 Å². The number of Topliss-reactive ketones (excluding diaryl/α,β-unsaturated/α-hetero) is 1. The molecule has 1 aromatic carbocycles. The summed E-state index contributed by atoms with van der Waals surface area (Å²) in [6.45, 7) is 21.0. The van der Waals surface area contributed by atoms with Crippen molar-refractivity contribution >= 4 is 15.6 Å². The largest absolute Gasteiger partial charge is 0.366 e. The molecule has 0 aliphatic rings. The number of carbonyl (C=O) groups is 1. The van der Waals surface area contributed by atoms with E-state index in [1.165, 1.54) is 28.5 Å². The standard InChI is InChI=1S/C28H46O4S/c1-18(2)22-15-24(19(3)4)27(25(16-22)20(5)6)21(7)32-23(13-12-14-33(11,30)31)17-26(29)28(8,9)10/h12-13,15-16,18-21,23H,14,17H2,1-11H3/b13-12-.